The highest BCUT2D eigenvalue weighted by Gasteiger charge is 2.13. The molecule has 0 bridgehead atoms. The minimum absolute atomic E-state index is 0.935. The van der Waals surface area contributed by atoms with Gasteiger partial charge < -0.3 is 4.90 Å². The Bertz CT molecular complexity index is 112. The zero-order valence-corrected chi connectivity index (χ0v) is 8.68. The predicted octanol–water partition coefficient (Wildman–Crippen LogP) is 2.91. The average molecular weight is 169 g/mol. The molecular formula is C11H23N. The molecule has 1 fully saturated rings. The molecule has 0 N–H and O–H groups in total. The van der Waals surface area contributed by atoms with Gasteiger partial charge >= 0.3 is 0 Å². The third-order valence-electron chi connectivity index (χ3n) is 2.82. The van der Waals surface area contributed by atoms with Gasteiger partial charge in [0.05, 0.1) is 0 Å². The minimum Gasteiger partial charge on any atom is -0.303 e. The Morgan fingerprint density at radius 3 is 2.92 bits per heavy atom. The van der Waals surface area contributed by atoms with E-state index >= 15 is 0 Å². The van der Waals surface area contributed by atoms with Crippen molar-refractivity contribution >= 4 is 0 Å². The zero-order valence-electron chi connectivity index (χ0n) is 8.68. The first-order valence-electron chi connectivity index (χ1n) is 5.55. The molecule has 72 valence electrons. The van der Waals surface area contributed by atoms with Crippen LogP contribution in [0.1, 0.15) is 46.0 Å². The first kappa shape index (κ1) is 10.0. The monoisotopic (exact) mass is 169 g/mol. The van der Waals surface area contributed by atoms with E-state index in [0.717, 1.165) is 5.92 Å². The van der Waals surface area contributed by atoms with Gasteiger partial charge in [-0.1, -0.05) is 26.7 Å². The van der Waals surface area contributed by atoms with Crippen LogP contribution >= 0.6 is 0 Å². The van der Waals surface area contributed by atoms with Crippen molar-refractivity contribution in [2.75, 3.05) is 19.6 Å². The summed E-state index contributed by atoms with van der Waals surface area (Å²) in [6.45, 7) is 8.71. The molecule has 0 aromatic carbocycles. The highest BCUT2D eigenvalue weighted by atomic mass is 15.1. The molecule has 1 rings (SSSR count). The quantitative estimate of drug-likeness (QED) is 0.628. The minimum atomic E-state index is 0.935. The Hall–Kier alpha value is -0.0400. The molecule has 0 radical (unpaired) electrons. The second kappa shape index (κ2) is 5.58. The van der Waals surface area contributed by atoms with E-state index < -0.39 is 0 Å². The highest BCUT2D eigenvalue weighted by Crippen LogP contribution is 2.15. The van der Waals surface area contributed by atoms with Crippen molar-refractivity contribution in [3.63, 3.8) is 0 Å². The summed E-state index contributed by atoms with van der Waals surface area (Å²) in [7, 11) is 0. The summed E-state index contributed by atoms with van der Waals surface area (Å²) >= 11 is 0. The normalized spacial score (nSPS) is 27.0. The molecule has 1 aliphatic rings. The number of likely N-dealkylation sites (tertiary alicyclic amines) is 1. The zero-order chi connectivity index (χ0) is 8.81. The number of hydrogen-bond donors (Lipinski definition) is 0. The van der Waals surface area contributed by atoms with Crippen LogP contribution in [0.4, 0.5) is 0 Å². The van der Waals surface area contributed by atoms with Crippen LogP contribution < -0.4 is 0 Å². The van der Waals surface area contributed by atoms with E-state index in [-0.39, 0.29) is 0 Å². The molecule has 0 aromatic heterocycles. The van der Waals surface area contributed by atoms with Gasteiger partial charge in [-0.3, -0.25) is 0 Å². The maximum Gasteiger partial charge on any atom is 0.000702 e. The second-order valence-electron chi connectivity index (χ2n) is 4.26. The number of unbranched alkanes of at least 4 members (excludes halogenated alkanes) is 1. The summed E-state index contributed by atoms with van der Waals surface area (Å²) in [5.41, 5.74) is 0. The Morgan fingerprint density at radius 1 is 1.33 bits per heavy atom. The second-order valence-corrected chi connectivity index (χ2v) is 4.26. The van der Waals surface area contributed by atoms with Gasteiger partial charge in [-0.15, -0.1) is 0 Å². The van der Waals surface area contributed by atoms with Gasteiger partial charge in [-0.25, -0.2) is 0 Å². The Balaban J connectivity index is 2.21. The molecule has 1 unspecified atom stereocenters. The third kappa shape index (κ3) is 3.57. The summed E-state index contributed by atoms with van der Waals surface area (Å²) in [5, 5.41) is 0. The largest absolute Gasteiger partial charge is 0.303 e. The fourth-order valence-electron chi connectivity index (χ4n) is 2.04. The molecule has 1 heterocycles. The molecule has 0 saturated carbocycles. The van der Waals surface area contributed by atoms with Crippen LogP contribution in [0.2, 0.25) is 0 Å². The van der Waals surface area contributed by atoms with Crippen LogP contribution in [0, 0.1) is 5.92 Å². The van der Waals surface area contributed by atoms with Crippen LogP contribution in [-0.2, 0) is 0 Å². The molecule has 1 heteroatoms. The highest BCUT2D eigenvalue weighted by molar-refractivity contribution is 4.67. The summed E-state index contributed by atoms with van der Waals surface area (Å²) in [6.07, 6.45) is 7.04. The van der Waals surface area contributed by atoms with Crippen molar-refractivity contribution in [3.05, 3.63) is 0 Å². The summed E-state index contributed by atoms with van der Waals surface area (Å²) in [4.78, 5) is 2.65. The molecular weight excluding hydrogens is 146 g/mol. The summed E-state index contributed by atoms with van der Waals surface area (Å²) < 4.78 is 0. The standard InChI is InChI=1S/C11H23N/c1-3-4-8-12-9-6-5-7-11(2)10-12/h11H,3-10H2,1-2H3. The summed E-state index contributed by atoms with van der Waals surface area (Å²) in [6, 6.07) is 0. The van der Waals surface area contributed by atoms with Gasteiger partial charge in [0, 0.05) is 6.54 Å². The fraction of sp³-hybridized carbons (Fsp3) is 1.00. The van der Waals surface area contributed by atoms with E-state index in [1.165, 1.54) is 51.7 Å². The summed E-state index contributed by atoms with van der Waals surface area (Å²) in [5.74, 6) is 0.935. The maximum atomic E-state index is 2.65. The molecule has 1 nitrogen and oxygen atoms in total. The van der Waals surface area contributed by atoms with Crippen LogP contribution in [0.3, 0.4) is 0 Å². The van der Waals surface area contributed by atoms with Gasteiger partial charge in [0.1, 0.15) is 0 Å². The average Bonchev–Trinajstić information content (AvgIpc) is 2.26. The van der Waals surface area contributed by atoms with E-state index in [1.807, 2.05) is 0 Å². The Morgan fingerprint density at radius 2 is 2.17 bits per heavy atom. The van der Waals surface area contributed by atoms with Crippen molar-refractivity contribution in [1.29, 1.82) is 0 Å². The lowest BCUT2D eigenvalue weighted by atomic mass is 10.1. The molecule has 1 saturated heterocycles. The van der Waals surface area contributed by atoms with E-state index in [1.54, 1.807) is 0 Å². The van der Waals surface area contributed by atoms with E-state index in [0.29, 0.717) is 0 Å². The van der Waals surface area contributed by atoms with Crippen molar-refractivity contribution in [2.45, 2.75) is 46.0 Å². The number of hydrogen-bond acceptors (Lipinski definition) is 1. The molecule has 12 heavy (non-hydrogen) atoms. The van der Waals surface area contributed by atoms with Gasteiger partial charge in [-0.05, 0) is 38.3 Å². The Labute approximate surface area is 77.1 Å². The third-order valence-corrected chi connectivity index (χ3v) is 2.82. The first-order chi connectivity index (χ1) is 5.83. The Kier molecular flexibility index (Phi) is 4.67. The SMILES string of the molecule is CCCCN1CCCCC(C)C1. The van der Waals surface area contributed by atoms with E-state index in [2.05, 4.69) is 18.7 Å². The van der Waals surface area contributed by atoms with Crippen molar-refractivity contribution in [3.8, 4) is 0 Å². The molecule has 1 aliphatic heterocycles. The van der Waals surface area contributed by atoms with Crippen molar-refractivity contribution in [2.24, 2.45) is 5.92 Å². The van der Waals surface area contributed by atoms with Gasteiger partial charge in [-0.2, -0.15) is 0 Å². The molecule has 0 amide bonds. The van der Waals surface area contributed by atoms with Crippen molar-refractivity contribution < 1.29 is 0 Å². The predicted molar refractivity (Wildman–Crippen MR) is 54.4 cm³/mol. The first-order valence-corrected chi connectivity index (χ1v) is 5.55. The van der Waals surface area contributed by atoms with Crippen LogP contribution in [-0.4, -0.2) is 24.5 Å². The molecule has 0 aliphatic carbocycles. The smallest absolute Gasteiger partial charge is 0.000702 e. The lowest BCUT2D eigenvalue weighted by molar-refractivity contribution is 0.252. The number of nitrogens with zero attached hydrogens (tertiary/aromatic N) is 1. The van der Waals surface area contributed by atoms with Crippen molar-refractivity contribution in [1.82, 2.24) is 4.90 Å². The number of rotatable bonds is 3. The van der Waals surface area contributed by atoms with Crippen LogP contribution in [0.5, 0.6) is 0 Å². The van der Waals surface area contributed by atoms with Gasteiger partial charge in [0.15, 0.2) is 0 Å². The molecule has 0 spiro atoms. The van der Waals surface area contributed by atoms with Gasteiger partial charge in [0.25, 0.3) is 0 Å². The van der Waals surface area contributed by atoms with Crippen LogP contribution in [0.15, 0.2) is 0 Å². The molecule has 1 atom stereocenters. The fourth-order valence-corrected chi connectivity index (χ4v) is 2.04. The van der Waals surface area contributed by atoms with Gasteiger partial charge in [0.2, 0.25) is 0 Å². The lowest BCUT2D eigenvalue weighted by Crippen LogP contribution is -2.28. The molecule has 0 aromatic rings. The lowest BCUT2D eigenvalue weighted by Gasteiger charge is -2.21. The maximum absolute atomic E-state index is 2.65. The van der Waals surface area contributed by atoms with Crippen LogP contribution in [0.25, 0.3) is 0 Å². The van der Waals surface area contributed by atoms with E-state index in [9.17, 15) is 0 Å². The topological polar surface area (TPSA) is 3.24 Å². The van der Waals surface area contributed by atoms with E-state index in [4.69, 9.17) is 0 Å².